The van der Waals surface area contributed by atoms with Gasteiger partial charge in [-0.25, -0.2) is 9.59 Å². The van der Waals surface area contributed by atoms with Crippen molar-refractivity contribution in [1.82, 2.24) is 0 Å². The second kappa shape index (κ2) is 15.4. The number of phenolic OH excluding ortho intramolecular Hbond substituents is 1. The molecule has 0 aliphatic carbocycles. The van der Waals surface area contributed by atoms with Gasteiger partial charge in [-0.2, -0.15) is 0 Å². The van der Waals surface area contributed by atoms with E-state index in [1.807, 2.05) is 58.2 Å². The lowest BCUT2D eigenvalue weighted by molar-refractivity contribution is -0.149. The Balaban J connectivity index is 1.32. The first kappa shape index (κ1) is 32.0. The Labute approximate surface area is 255 Å². The summed E-state index contributed by atoms with van der Waals surface area (Å²) in [6.45, 7) is 6.34. The molecule has 0 aromatic heterocycles. The number of hydrogen-bond acceptors (Lipinski definition) is 9. The number of carbonyl (C=O) groups is 2. The summed E-state index contributed by atoms with van der Waals surface area (Å²) in [5, 5.41) is 13.4. The first-order valence-electron chi connectivity index (χ1n) is 12.4. The number of nitrogens with zero attached hydrogens (tertiary/aromatic N) is 3. The van der Waals surface area contributed by atoms with Crippen LogP contribution in [0.1, 0.15) is 46.8 Å². The molecule has 1 heterocycles. The number of rotatable bonds is 9. The fourth-order valence-corrected chi connectivity index (χ4v) is 7.82. The van der Waals surface area contributed by atoms with Crippen LogP contribution in [0.25, 0.3) is 10.4 Å². The van der Waals surface area contributed by atoms with Crippen LogP contribution in [0.15, 0.2) is 41.5 Å². The molecule has 212 valence electrons. The van der Waals surface area contributed by atoms with Gasteiger partial charge in [0.1, 0.15) is 37.7 Å². The van der Waals surface area contributed by atoms with Crippen molar-refractivity contribution in [3.05, 3.63) is 67.1 Å². The molecular weight excluding hydrogens is 665 g/mol. The van der Waals surface area contributed by atoms with Gasteiger partial charge in [0.15, 0.2) is 0 Å². The molecule has 9 nitrogen and oxygen atoms in total. The van der Waals surface area contributed by atoms with Gasteiger partial charge in [0, 0.05) is 14.0 Å². The van der Waals surface area contributed by atoms with Crippen LogP contribution in [0.4, 0.5) is 5.69 Å². The molecule has 40 heavy (non-hydrogen) atoms. The van der Waals surface area contributed by atoms with Crippen molar-refractivity contribution in [2.24, 2.45) is 16.4 Å². The minimum absolute atomic E-state index is 0.0676. The maximum Gasteiger partial charge on any atom is 0.342 e. The van der Waals surface area contributed by atoms with E-state index in [0.717, 1.165) is 11.5 Å². The van der Waals surface area contributed by atoms with E-state index in [9.17, 15) is 14.7 Å². The number of carbonyl (C=O) groups excluding carboxylic acids is 2. The Hall–Kier alpha value is -2.56. The average Bonchev–Trinajstić information content (AvgIpc) is 2.92. The van der Waals surface area contributed by atoms with E-state index in [1.54, 1.807) is 0 Å². The lowest BCUT2D eigenvalue weighted by Crippen LogP contribution is -2.27. The standard InChI is InChI=1S/C28H30IN3O6S2/c1-28(2,3)20-16-39-27(40-17-20)19-8-6-18(7-9-19)5-4-10-36-15-25(34)37-11-12-38-26(35)21-13-22(29)23(31-32-30)14-24(21)33/h6-9,13-14,20,27,33H,10-12,15-17H2,1-3H3. The fourth-order valence-electron chi connectivity index (χ4n) is 3.49. The van der Waals surface area contributed by atoms with Crippen molar-refractivity contribution in [3.63, 3.8) is 0 Å². The molecule has 1 aliphatic heterocycles. The van der Waals surface area contributed by atoms with Crippen LogP contribution in [-0.4, -0.2) is 55.0 Å². The van der Waals surface area contributed by atoms with Crippen LogP contribution in [0.3, 0.4) is 0 Å². The van der Waals surface area contributed by atoms with Gasteiger partial charge in [-0.3, -0.25) is 0 Å². The Morgan fingerprint density at radius 1 is 1.15 bits per heavy atom. The first-order chi connectivity index (χ1) is 19.1. The molecule has 0 atom stereocenters. The number of azide groups is 1. The summed E-state index contributed by atoms with van der Waals surface area (Å²) in [6, 6.07) is 10.8. The minimum atomic E-state index is -0.802. The van der Waals surface area contributed by atoms with Crippen LogP contribution < -0.4 is 0 Å². The van der Waals surface area contributed by atoms with Crippen LogP contribution in [0.5, 0.6) is 5.75 Å². The summed E-state index contributed by atoms with van der Waals surface area (Å²) >= 11 is 5.89. The SMILES string of the molecule is CC(C)(C)C1CSC(c2ccc(C#CCOCC(=O)OCCOC(=O)c3cc(I)c(N=[N+]=[N-])cc3O)cc2)SC1. The Morgan fingerprint density at radius 2 is 1.82 bits per heavy atom. The topological polar surface area (TPSA) is 131 Å². The smallest absolute Gasteiger partial charge is 0.342 e. The summed E-state index contributed by atoms with van der Waals surface area (Å²) < 4.78 is 16.2. The molecule has 12 heteroatoms. The number of hydrogen-bond donors (Lipinski definition) is 1. The maximum atomic E-state index is 12.2. The highest BCUT2D eigenvalue weighted by molar-refractivity contribution is 14.1. The van der Waals surface area contributed by atoms with E-state index >= 15 is 0 Å². The lowest BCUT2D eigenvalue weighted by Gasteiger charge is -2.36. The van der Waals surface area contributed by atoms with E-state index in [0.29, 0.717) is 13.6 Å². The Bertz CT molecular complexity index is 1310. The number of phenols is 1. The zero-order valence-corrected chi connectivity index (χ0v) is 26.2. The molecular formula is C28H30IN3O6S2. The Kier molecular flexibility index (Phi) is 12.3. The summed E-state index contributed by atoms with van der Waals surface area (Å²) in [7, 11) is 0. The van der Waals surface area contributed by atoms with E-state index in [4.69, 9.17) is 19.7 Å². The highest BCUT2D eigenvalue weighted by Gasteiger charge is 2.31. The molecule has 1 fully saturated rings. The van der Waals surface area contributed by atoms with Gasteiger partial charge in [0.05, 0.1) is 10.3 Å². The summed E-state index contributed by atoms with van der Waals surface area (Å²) in [6.07, 6.45) is 0. The number of esters is 2. The monoisotopic (exact) mass is 695 g/mol. The molecule has 1 N–H and O–H groups in total. The van der Waals surface area contributed by atoms with Crippen LogP contribution in [-0.2, 0) is 19.0 Å². The number of halogens is 1. The number of thioether (sulfide) groups is 2. The van der Waals surface area contributed by atoms with Crippen molar-refractivity contribution in [1.29, 1.82) is 0 Å². The van der Waals surface area contributed by atoms with Crippen LogP contribution in [0.2, 0.25) is 0 Å². The quantitative estimate of drug-likeness (QED) is 0.0574. The zero-order valence-electron chi connectivity index (χ0n) is 22.4. The van der Waals surface area contributed by atoms with Gasteiger partial charge in [0.2, 0.25) is 0 Å². The van der Waals surface area contributed by atoms with Crippen molar-refractivity contribution < 1.29 is 28.9 Å². The molecule has 0 unspecified atom stereocenters. The molecule has 3 rings (SSSR count). The maximum absolute atomic E-state index is 12.2. The second-order valence-corrected chi connectivity index (χ2v) is 13.6. The van der Waals surface area contributed by atoms with Gasteiger partial charge >= 0.3 is 11.9 Å². The van der Waals surface area contributed by atoms with Crippen molar-refractivity contribution in [2.75, 3.05) is 37.9 Å². The predicted octanol–water partition coefficient (Wildman–Crippen LogP) is 6.85. The zero-order chi connectivity index (χ0) is 29.1. The van der Waals surface area contributed by atoms with Crippen molar-refractivity contribution in [3.8, 4) is 17.6 Å². The highest BCUT2D eigenvalue weighted by Crippen LogP contribution is 2.49. The van der Waals surface area contributed by atoms with E-state index in [1.165, 1.54) is 29.2 Å². The second-order valence-electron chi connectivity index (χ2n) is 9.84. The third-order valence-electron chi connectivity index (χ3n) is 5.95. The molecule has 0 amide bonds. The van der Waals surface area contributed by atoms with Crippen molar-refractivity contribution >= 4 is 63.7 Å². The van der Waals surface area contributed by atoms with Crippen molar-refractivity contribution in [2.45, 2.75) is 25.4 Å². The molecule has 2 aromatic rings. The molecule has 0 spiro atoms. The van der Waals surface area contributed by atoms with E-state index in [2.05, 4.69) is 54.8 Å². The van der Waals surface area contributed by atoms with Gasteiger partial charge in [-0.1, -0.05) is 49.9 Å². The van der Waals surface area contributed by atoms with Gasteiger partial charge < -0.3 is 19.3 Å². The predicted molar refractivity (Wildman–Crippen MR) is 166 cm³/mol. The summed E-state index contributed by atoms with van der Waals surface area (Å²) in [5.74, 6) is 7.19. The first-order valence-corrected chi connectivity index (χ1v) is 15.6. The van der Waals surface area contributed by atoms with Crippen LogP contribution >= 0.6 is 46.1 Å². The largest absolute Gasteiger partial charge is 0.507 e. The summed E-state index contributed by atoms with van der Waals surface area (Å²) in [4.78, 5) is 26.7. The lowest BCUT2D eigenvalue weighted by atomic mass is 9.83. The fraction of sp³-hybridized carbons (Fsp3) is 0.429. The Morgan fingerprint density at radius 3 is 2.48 bits per heavy atom. The van der Waals surface area contributed by atoms with E-state index < -0.39 is 11.9 Å². The molecule has 2 aromatic carbocycles. The number of aromatic hydroxyl groups is 1. The van der Waals surface area contributed by atoms with Gasteiger partial charge in [-0.05, 0) is 80.8 Å². The number of ether oxygens (including phenoxy) is 3. The molecule has 0 bridgehead atoms. The normalized spacial score (nSPS) is 16.7. The van der Waals surface area contributed by atoms with E-state index in [-0.39, 0.29) is 43.4 Å². The third kappa shape index (κ3) is 9.82. The third-order valence-corrected chi connectivity index (χ3v) is 9.97. The molecule has 1 aliphatic rings. The molecule has 0 saturated carbocycles. The highest BCUT2D eigenvalue weighted by atomic mass is 127. The van der Waals surface area contributed by atoms with Gasteiger partial charge in [0.25, 0.3) is 0 Å². The number of benzene rings is 2. The van der Waals surface area contributed by atoms with Gasteiger partial charge in [-0.15, -0.1) is 23.5 Å². The molecule has 0 radical (unpaired) electrons. The minimum Gasteiger partial charge on any atom is -0.507 e. The summed E-state index contributed by atoms with van der Waals surface area (Å²) in [5.41, 5.74) is 11.1. The van der Waals surface area contributed by atoms with Crippen LogP contribution in [0, 0.1) is 26.7 Å². The molecule has 1 saturated heterocycles. The average molecular weight is 696 g/mol.